The molecule has 2 nitrogen and oxygen atoms in total. The quantitative estimate of drug-likeness (QED) is 0.821. The van der Waals surface area contributed by atoms with Crippen molar-refractivity contribution in [1.29, 1.82) is 0 Å². The average Bonchev–Trinajstić information content (AvgIpc) is 2.53. The summed E-state index contributed by atoms with van der Waals surface area (Å²) in [4.78, 5) is 4.60. The molecule has 0 saturated heterocycles. The van der Waals surface area contributed by atoms with Gasteiger partial charge in [-0.2, -0.15) is 0 Å². The van der Waals surface area contributed by atoms with Crippen LogP contribution in [0.15, 0.2) is 42.6 Å². The largest absolute Gasteiger partial charge is 0.308 e. The van der Waals surface area contributed by atoms with E-state index >= 15 is 0 Å². The summed E-state index contributed by atoms with van der Waals surface area (Å²) < 4.78 is 0. The SMILES string of the molecule is CCCNC(Cc1ccc(CC)cc1)c1ncccc1C. The summed E-state index contributed by atoms with van der Waals surface area (Å²) in [5.41, 5.74) is 5.19. The third kappa shape index (κ3) is 4.40. The van der Waals surface area contributed by atoms with Crippen LogP contribution < -0.4 is 5.32 Å². The Morgan fingerprint density at radius 2 is 1.76 bits per heavy atom. The summed E-state index contributed by atoms with van der Waals surface area (Å²) in [6.07, 6.45) is 5.11. The molecule has 2 rings (SSSR count). The third-order valence-corrected chi connectivity index (χ3v) is 3.89. The normalized spacial score (nSPS) is 12.3. The van der Waals surface area contributed by atoms with Crippen LogP contribution >= 0.6 is 0 Å². The van der Waals surface area contributed by atoms with Crippen molar-refractivity contribution < 1.29 is 0 Å². The second-order valence-corrected chi connectivity index (χ2v) is 5.59. The van der Waals surface area contributed by atoms with Gasteiger partial charge in [0.05, 0.1) is 11.7 Å². The second kappa shape index (κ2) is 7.94. The number of hydrogen-bond acceptors (Lipinski definition) is 2. The van der Waals surface area contributed by atoms with Gasteiger partial charge in [0.2, 0.25) is 0 Å². The van der Waals surface area contributed by atoms with E-state index < -0.39 is 0 Å². The molecule has 1 unspecified atom stereocenters. The van der Waals surface area contributed by atoms with Crippen molar-refractivity contribution in [2.75, 3.05) is 6.54 Å². The fourth-order valence-electron chi connectivity index (χ4n) is 2.59. The van der Waals surface area contributed by atoms with E-state index in [1.165, 1.54) is 22.4 Å². The minimum absolute atomic E-state index is 0.290. The lowest BCUT2D eigenvalue weighted by Crippen LogP contribution is -2.25. The Kier molecular flexibility index (Phi) is 5.94. The van der Waals surface area contributed by atoms with Gasteiger partial charge in [0.25, 0.3) is 0 Å². The van der Waals surface area contributed by atoms with Gasteiger partial charge in [-0.25, -0.2) is 0 Å². The Labute approximate surface area is 128 Å². The summed E-state index contributed by atoms with van der Waals surface area (Å²) in [5.74, 6) is 0. The van der Waals surface area contributed by atoms with E-state index in [-0.39, 0.29) is 0 Å². The van der Waals surface area contributed by atoms with Gasteiger partial charge in [-0.15, -0.1) is 0 Å². The fraction of sp³-hybridized carbons (Fsp3) is 0.421. The van der Waals surface area contributed by atoms with Crippen LogP contribution in [0.3, 0.4) is 0 Å². The van der Waals surface area contributed by atoms with Crippen molar-refractivity contribution in [3.63, 3.8) is 0 Å². The maximum absolute atomic E-state index is 4.60. The molecule has 0 bridgehead atoms. The van der Waals surface area contributed by atoms with E-state index in [2.05, 4.69) is 61.4 Å². The van der Waals surface area contributed by atoms with Crippen LogP contribution in [0.4, 0.5) is 0 Å². The molecule has 0 aliphatic rings. The highest BCUT2D eigenvalue weighted by atomic mass is 14.9. The highest BCUT2D eigenvalue weighted by Gasteiger charge is 2.14. The predicted octanol–water partition coefficient (Wildman–Crippen LogP) is 4.24. The predicted molar refractivity (Wildman–Crippen MR) is 89.5 cm³/mol. The first-order chi connectivity index (χ1) is 10.2. The first-order valence-electron chi connectivity index (χ1n) is 7.97. The van der Waals surface area contributed by atoms with Gasteiger partial charge in [0.15, 0.2) is 0 Å². The number of rotatable bonds is 7. The molecule has 0 fully saturated rings. The van der Waals surface area contributed by atoms with E-state index in [0.29, 0.717) is 6.04 Å². The van der Waals surface area contributed by atoms with Crippen LogP contribution in [0, 0.1) is 6.92 Å². The van der Waals surface area contributed by atoms with Crippen molar-refractivity contribution in [3.05, 3.63) is 65.0 Å². The van der Waals surface area contributed by atoms with E-state index in [1.54, 1.807) is 0 Å². The lowest BCUT2D eigenvalue weighted by Gasteiger charge is -2.20. The summed E-state index contributed by atoms with van der Waals surface area (Å²) in [6, 6.07) is 13.4. The number of nitrogens with one attached hydrogen (secondary N) is 1. The Balaban J connectivity index is 2.17. The average molecular weight is 282 g/mol. The molecule has 0 spiro atoms. The number of aromatic nitrogens is 1. The van der Waals surface area contributed by atoms with Crippen LogP contribution in [0.1, 0.15) is 48.7 Å². The topological polar surface area (TPSA) is 24.9 Å². The molecular weight excluding hydrogens is 256 g/mol. The second-order valence-electron chi connectivity index (χ2n) is 5.59. The zero-order valence-corrected chi connectivity index (χ0v) is 13.4. The lowest BCUT2D eigenvalue weighted by molar-refractivity contribution is 0.515. The standard InChI is InChI=1S/C19H26N2/c1-4-12-20-18(19-15(3)7-6-13-21-19)14-17-10-8-16(5-2)9-11-17/h6-11,13,18,20H,4-5,12,14H2,1-3H3. The molecule has 1 N–H and O–H groups in total. The number of nitrogens with zero attached hydrogens (tertiary/aromatic N) is 1. The molecule has 0 radical (unpaired) electrons. The molecule has 1 aromatic carbocycles. The molecule has 0 aliphatic heterocycles. The van der Waals surface area contributed by atoms with E-state index in [9.17, 15) is 0 Å². The molecule has 1 aromatic heterocycles. The molecule has 2 aromatic rings. The third-order valence-electron chi connectivity index (χ3n) is 3.89. The van der Waals surface area contributed by atoms with Crippen LogP contribution in [0.2, 0.25) is 0 Å². The van der Waals surface area contributed by atoms with Crippen molar-refractivity contribution in [1.82, 2.24) is 10.3 Å². The summed E-state index contributed by atoms with van der Waals surface area (Å²) in [7, 11) is 0. The van der Waals surface area contributed by atoms with Gasteiger partial charge in [0, 0.05) is 6.20 Å². The Morgan fingerprint density at radius 3 is 2.38 bits per heavy atom. The summed E-state index contributed by atoms with van der Waals surface area (Å²) in [5, 5.41) is 3.64. The van der Waals surface area contributed by atoms with Gasteiger partial charge in [-0.05, 0) is 55.5 Å². The number of pyridine rings is 1. The molecule has 1 heterocycles. The van der Waals surface area contributed by atoms with E-state index in [4.69, 9.17) is 0 Å². The maximum atomic E-state index is 4.60. The van der Waals surface area contributed by atoms with Crippen molar-refractivity contribution in [2.24, 2.45) is 0 Å². The molecule has 1 atom stereocenters. The lowest BCUT2D eigenvalue weighted by atomic mass is 9.98. The Morgan fingerprint density at radius 1 is 1.05 bits per heavy atom. The van der Waals surface area contributed by atoms with Gasteiger partial charge < -0.3 is 5.32 Å². The van der Waals surface area contributed by atoms with Gasteiger partial charge >= 0.3 is 0 Å². The van der Waals surface area contributed by atoms with Crippen molar-refractivity contribution in [2.45, 2.75) is 46.1 Å². The minimum Gasteiger partial charge on any atom is -0.308 e. The van der Waals surface area contributed by atoms with E-state index in [0.717, 1.165) is 25.8 Å². The molecule has 2 heteroatoms. The molecule has 0 amide bonds. The highest BCUT2D eigenvalue weighted by Crippen LogP contribution is 2.20. The van der Waals surface area contributed by atoms with Gasteiger partial charge in [0.1, 0.15) is 0 Å². The van der Waals surface area contributed by atoms with Crippen molar-refractivity contribution in [3.8, 4) is 0 Å². The fourth-order valence-corrected chi connectivity index (χ4v) is 2.59. The minimum atomic E-state index is 0.290. The first kappa shape index (κ1) is 15.7. The van der Waals surface area contributed by atoms with Crippen LogP contribution in [0.25, 0.3) is 0 Å². The summed E-state index contributed by atoms with van der Waals surface area (Å²) >= 11 is 0. The highest BCUT2D eigenvalue weighted by molar-refractivity contribution is 5.27. The number of aryl methyl sites for hydroxylation is 2. The van der Waals surface area contributed by atoms with E-state index in [1.807, 2.05) is 12.3 Å². The van der Waals surface area contributed by atoms with Crippen LogP contribution in [-0.2, 0) is 12.8 Å². The maximum Gasteiger partial charge on any atom is 0.0605 e. The first-order valence-corrected chi connectivity index (χ1v) is 7.97. The summed E-state index contributed by atoms with van der Waals surface area (Å²) in [6.45, 7) is 7.56. The number of benzene rings is 1. The zero-order chi connectivity index (χ0) is 15.1. The van der Waals surface area contributed by atoms with Crippen LogP contribution in [0.5, 0.6) is 0 Å². The molecule has 112 valence electrons. The smallest absolute Gasteiger partial charge is 0.0605 e. The molecule has 21 heavy (non-hydrogen) atoms. The Hall–Kier alpha value is -1.67. The van der Waals surface area contributed by atoms with Crippen molar-refractivity contribution >= 4 is 0 Å². The molecule has 0 saturated carbocycles. The van der Waals surface area contributed by atoms with Gasteiger partial charge in [-0.3, -0.25) is 4.98 Å². The zero-order valence-electron chi connectivity index (χ0n) is 13.4. The number of hydrogen-bond donors (Lipinski definition) is 1. The van der Waals surface area contributed by atoms with Gasteiger partial charge in [-0.1, -0.05) is 44.2 Å². The van der Waals surface area contributed by atoms with Crippen LogP contribution in [-0.4, -0.2) is 11.5 Å². The molecule has 0 aliphatic carbocycles. The monoisotopic (exact) mass is 282 g/mol. The Bertz CT molecular complexity index is 546. The molecular formula is C19H26N2.